The summed E-state index contributed by atoms with van der Waals surface area (Å²) in [5.74, 6) is 0. The molecule has 1 rings (SSSR count). The van der Waals surface area contributed by atoms with Crippen LogP contribution in [0.5, 0.6) is 0 Å². The molecule has 0 aliphatic carbocycles. The van der Waals surface area contributed by atoms with Gasteiger partial charge >= 0.3 is 12.4 Å². The zero-order chi connectivity index (χ0) is 11.9. The third kappa shape index (κ3) is 6.42. The second-order valence-electron chi connectivity index (χ2n) is 2.84. The van der Waals surface area contributed by atoms with Crippen LogP contribution in [-0.4, -0.2) is 0 Å². The molecule has 0 N–H and O–H groups in total. The van der Waals surface area contributed by atoms with Gasteiger partial charge in [-0.3, -0.25) is 0 Å². The standard InChI is InChI=1S/C8H5F6P.2ClH.H3P/c9-7(10,11)4-1-5(8(12,13)14)3-6(15)2-4;;;/h1-3H,15H2;2*1H;1H3. The van der Waals surface area contributed by atoms with Crippen molar-refractivity contribution < 1.29 is 26.3 Å². The molecule has 0 heterocycles. The summed E-state index contributed by atoms with van der Waals surface area (Å²) in [4.78, 5) is 0. The van der Waals surface area contributed by atoms with Crippen molar-refractivity contribution in [2.75, 3.05) is 0 Å². The maximum atomic E-state index is 12.2. The molecule has 18 heavy (non-hydrogen) atoms. The summed E-state index contributed by atoms with van der Waals surface area (Å²) < 4.78 is 73.0. The molecule has 0 fully saturated rings. The first-order valence-electron chi connectivity index (χ1n) is 3.65. The van der Waals surface area contributed by atoms with Gasteiger partial charge in [0.25, 0.3) is 0 Å². The van der Waals surface area contributed by atoms with Gasteiger partial charge in [-0.2, -0.15) is 36.2 Å². The minimum atomic E-state index is -4.77. The van der Waals surface area contributed by atoms with Gasteiger partial charge < -0.3 is 0 Å². The zero-order valence-electron chi connectivity index (χ0n) is 8.60. The van der Waals surface area contributed by atoms with Crippen LogP contribution < -0.4 is 5.30 Å². The van der Waals surface area contributed by atoms with Gasteiger partial charge in [-0.15, -0.1) is 34.1 Å². The number of rotatable bonds is 0. The fraction of sp³-hybridized carbons (Fsp3) is 0.250. The highest BCUT2D eigenvalue weighted by Crippen LogP contribution is 2.34. The molecule has 0 radical (unpaired) electrons. The fourth-order valence-corrected chi connectivity index (χ4v) is 1.34. The van der Waals surface area contributed by atoms with E-state index in [1.807, 2.05) is 9.24 Å². The summed E-state index contributed by atoms with van der Waals surface area (Å²) in [6, 6.07) is 1.37. The number of hydrogen-bond acceptors (Lipinski definition) is 0. The van der Waals surface area contributed by atoms with E-state index in [0.29, 0.717) is 12.1 Å². The van der Waals surface area contributed by atoms with Crippen LogP contribution in [0.4, 0.5) is 26.3 Å². The molecule has 0 aromatic heterocycles. The van der Waals surface area contributed by atoms with Crippen LogP contribution in [0.25, 0.3) is 0 Å². The van der Waals surface area contributed by atoms with Gasteiger partial charge in [-0.05, 0) is 23.5 Å². The van der Waals surface area contributed by atoms with E-state index in [9.17, 15) is 26.3 Å². The van der Waals surface area contributed by atoms with Crippen LogP contribution in [0, 0.1) is 0 Å². The van der Waals surface area contributed by atoms with Crippen molar-refractivity contribution >= 4 is 49.3 Å². The Morgan fingerprint density at radius 1 is 0.722 bits per heavy atom. The Balaban J connectivity index is -0.000000750. The molecule has 0 spiro atoms. The monoisotopic (exact) mass is 352 g/mol. The van der Waals surface area contributed by atoms with E-state index in [1.54, 1.807) is 0 Å². The van der Waals surface area contributed by atoms with Gasteiger partial charge in [-0.25, -0.2) is 0 Å². The summed E-state index contributed by atoms with van der Waals surface area (Å²) in [6.07, 6.45) is -9.54. The maximum absolute atomic E-state index is 12.2. The smallest absolute Gasteiger partial charge is 0.166 e. The van der Waals surface area contributed by atoms with Crippen molar-refractivity contribution in [1.29, 1.82) is 0 Å². The first-order chi connectivity index (χ1) is 6.60. The van der Waals surface area contributed by atoms with Crippen molar-refractivity contribution in [2.24, 2.45) is 0 Å². The lowest BCUT2D eigenvalue weighted by atomic mass is 10.1. The SMILES string of the molecule is Cl.Cl.FC(F)(F)c1cc(P)cc(C(F)(F)F)c1.P. The summed E-state index contributed by atoms with van der Waals surface area (Å²) >= 11 is 0. The lowest BCUT2D eigenvalue weighted by Gasteiger charge is -2.12. The minimum Gasteiger partial charge on any atom is -0.166 e. The lowest BCUT2D eigenvalue weighted by Crippen LogP contribution is -2.14. The van der Waals surface area contributed by atoms with Crippen molar-refractivity contribution in [3.8, 4) is 0 Å². The second-order valence-corrected chi connectivity index (χ2v) is 3.51. The van der Waals surface area contributed by atoms with E-state index >= 15 is 0 Å². The van der Waals surface area contributed by atoms with E-state index in [2.05, 4.69) is 0 Å². The molecule has 0 bridgehead atoms. The molecule has 0 nitrogen and oxygen atoms in total. The largest absolute Gasteiger partial charge is 0.416 e. The highest BCUT2D eigenvalue weighted by Gasteiger charge is 2.36. The Morgan fingerprint density at radius 2 is 1.00 bits per heavy atom. The molecule has 0 amide bonds. The van der Waals surface area contributed by atoms with Crippen molar-refractivity contribution in [3.05, 3.63) is 29.3 Å². The highest BCUT2D eigenvalue weighted by atomic mass is 35.5. The van der Waals surface area contributed by atoms with Gasteiger partial charge in [0.1, 0.15) is 0 Å². The summed E-state index contributed by atoms with van der Waals surface area (Å²) in [6.45, 7) is 0. The van der Waals surface area contributed by atoms with Crippen molar-refractivity contribution in [1.82, 2.24) is 0 Å². The molecule has 1 aromatic carbocycles. The Hall–Kier alpha value is 0.240. The van der Waals surface area contributed by atoms with E-state index in [1.165, 1.54) is 0 Å². The fourth-order valence-electron chi connectivity index (χ4n) is 0.979. The quantitative estimate of drug-likeness (QED) is 0.486. The Kier molecular flexibility index (Phi) is 10.0. The van der Waals surface area contributed by atoms with E-state index in [0.717, 1.165) is 0 Å². The van der Waals surface area contributed by atoms with Gasteiger partial charge in [0, 0.05) is 0 Å². The predicted octanol–water partition coefficient (Wildman–Crippen LogP) is 4.13. The lowest BCUT2D eigenvalue weighted by molar-refractivity contribution is -0.142. The average Bonchev–Trinajstić information content (AvgIpc) is 1.99. The Labute approximate surface area is 118 Å². The number of halogens is 8. The first-order valence-corrected chi connectivity index (χ1v) is 4.23. The molecule has 108 valence electrons. The molecule has 0 aliphatic heterocycles. The predicted molar refractivity (Wildman–Crippen MR) is 71.4 cm³/mol. The molecule has 1 aromatic rings. The molecule has 0 aliphatic rings. The normalized spacial score (nSPS) is 10.8. The van der Waals surface area contributed by atoms with E-state index < -0.39 is 23.5 Å². The van der Waals surface area contributed by atoms with Crippen LogP contribution in [0.3, 0.4) is 0 Å². The molecular formula is C8H10Cl2F6P2. The molecule has 10 heteroatoms. The van der Waals surface area contributed by atoms with Crippen LogP contribution in [0.2, 0.25) is 0 Å². The molecule has 0 saturated heterocycles. The number of benzene rings is 1. The number of alkyl halides is 6. The minimum absolute atomic E-state index is 0. The third-order valence-corrected chi connectivity index (χ3v) is 1.94. The van der Waals surface area contributed by atoms with E-state index in [4.69, 9.17) is 0 Å². The zero-order valence-corrected chi connectivity index (χ0v) is 12.8. The van der Waals surface area contributed by atoms with Gasteiger partial charge in [0.05, 0.1) is 11.1 Å². The maximum Gasteiger partial charge on any atom is 0.416 e. The van der Waals surface area contributed by atoms with Gasteiger partial charge in [0.15, 0.2) is 0 Å². The van der Waals surface area contributed by atoms with Gasteiger partial charge in [0.2, 0.25) is 0 Å². The summed E-state index contributed by atoms with van der Waals surface area (Å²) in [5, 5.41) is -0.155. The third-order valence-electron chi connectivity index (χ3n) is 1.61. The van der Waals surface area contributed by atoms with Crippen LogP contribution >= 0.6 is 44.0 Å². The highest BCUT2D eigenvalue weighted by molar-refractivity contribution is 7.27. The van der Waals surface area contributed by atoms with Crippen molar-refractivity contribution in [3.63, 3.8) is 0 Å². The molecular weight excluding hydrogens is 343 g/mol. The average molecular weight is 353 g/mol. The summed E-state index contributed by atoms with van der Waals surface area (Å²) in [7, 11) is 1.81. The molecule has 2 unspecified atom stereocenters. The van der Waals surface area contributed by atoms with E-state index in [-0.39, 0.29) is 46.1 Å². The van der Waals surface area contributed by atoms with Crippen LogP contribution in [0.1, 0.15) is 11.1 Å². The second kappa shape index (κ2) is 7.74. The topological polar surface area (TPSA) is 0 Å². The van der Waals surface area contributed by atoms with Gasteiger partial charge in [-0.1, -0.05) is 0 Å². The first kappa shape index (κ1) is 23.3. The molecule has 0 saturated carbocycles. The summed E-state index contributed by atoms with van der Waals surface area (Å²) in [5.41, 5.74) is -2.61. The van der Waals surface area contributed by atoms with Crippen LogP contribution in [-0.2, 0) is 12.4 Å². The van der Waals surface area contributed by atoms with Crippen molar-refractivity contribution in [2.45, 2.75) is 12.4 Å². The number of hydrogen-bond donors (Lipinski definition) is 0. The molecule has 2 atom stereocenters. The Morgan fingerprint density at radius 3 is 1.22 bits per heavy atom. The Bertz CT molecular complexity index is 345. The van der Waals surface area contributed by atoms with Crippen LogP contribution in [0.15, 0.2) is 18.2 Å².